The molecule has 0 saturated heterocycles. The Labute approximate surface area is 118 Å². The molecule has 1 atom stereocenters. The first-order valence-electron chi connectivity index (χ1n) is 6.93. The van der Waals surface area contributed by atoms with Crippen molar-refractivity contribution < 1.29 is 0 Å². The summed E-state index contributed by atoms with van der Waals surface area (Å²) in [6, 6.07) is 8.11. The molecule has 1 unspecified atom stereocenters. The molecule has 0 spiro atoms. The Morgan fingerprint density at radius 1 is 1.25 bits per heavy atom. The molecule has 3 rings (SSSR count). The molecule has 0 aliphatic carbocycles. The molecule has 0 aliphatic heterocycles. The summed E-state index contributed by atoms with van der Waals surface area (Å²) in [5.41, 5.74) is 9.15. The molecule has 104 valence electrons. The van der Waals surface area contributed by atoms with Gasteiger partial charge in [-0.05, 0) is 31.5 Å². The quantitative estimate of drug-likeness (QED) is 0.789. The van der Waals surface area contributed by atoms with E-state index >= 15 is 0 Å². The van der Waals surface area contributed by atoms with E-state index in [1.54, 1.807) is 0 Å². The van der Waals surface area contributed by atoms with E-state index in [9.17, 15) is 0 Å². The van der Waals surface area contributed by atoms with Crippen molar-refractivity contribution in [2.24, 2.45) is 5.73 Å². The maximum Gasteiger partial charge on any atom is 0.175 e. The maximum atomic E-state index is 6.14. The van der Waals surface area contributed by atoms with Crippen molar-refractivity contribution in [1.29, 1.82) is 0 Å². The maximum absolute atomic E-state index is 6.14. The van der Waals surface area contributed by atoms with Crippen LogP contribution in [0.3, 0.4) is 0 Å². The number of rotatable bonds is 4. The molecule has 0 radical (unpaired) electrons. The summed E-state index contributed by atoms with van der Waals surface area (Å²) in [6.45, 7) is 4.08. The van der Waals surface area contributed by atoms with Crippen molar-refractivity contribution in [3.8, 4) is 5.82 Å². The molecule has 20 heavy (non-hydrogen) atoms. The Hall–Kier alpha value is -2.14. The molecule has 0 amide bonds. The van der Waals surface area contributed by atoms with Crippen LogP contribution in [-0.4, -0.2) is 25.2 Å². The largest absolute Gasteiger partial charge is 0.327 e. The fourth-order valence-corrected chi connectivity index (χ4v) is 2.33. The van der Waals surface area contributed by atoms with Gasteiger partial charge in [-0.25, -0.2) is 9.67 Å². The number of nitrogens with two attached hydrogens (primary N) is 1. The van der Waals surface area contributed by atoms with Gasteiger partial charge in [0.1, 0.15) is 5.65 Å². The zero-order chi connectivity index (χ0) is 14.1. The molecule has 0 aliphatic rings. The minimum atomic E-state index is 0.130. The number of fused-ring (bicyclic) bond motifs is 1. The molecule has 2 N–H and O–H groups in total. The fourth-order valence-electron chi connectivity index (χ4n) is 2.33. The molecule has 3 aromatic heterocycles. The SMILES string of the molecule is CCC(N)Cc1c(-n2ccc(C)n2)nc2ccccn12. The molecular formula is C15H19N5. The average Bonchev–Trinajstić information content (AvgIpc) is 3.03. The zero-order valence-electron chi connectivity index (χ0n) is 11.8. The van der Waals surface area contributed by atoms with Gasteiger partial charge in [-0.2, -0.15) is 5.10 Å². The van der Waals surface area contributed by atoms with Gasteiger partial charge in [-0.1, -0.05) is 13.0 Å². The first kappa shape index (κ1) is 12.9. The minimum absolute atomic E-state index is 0.130. The van der Waals surface area contributed by atoms with Crippen molar-refractivity contribution in [3.63, 3.8) is 0 Å². The van der Waals surface area contributed by atoms with Gasteiger partial charge in [0.05, 0.1) is 11.4 Å². The van der Waals surface area contributed by atoms with Gasteiger partial charge in [-0.15, -0.1) is 0 Å². The molecule has 3 aromatic rings. The van der Waals surface area contributed by atoms with Crippen molar-refractivity contribution in [2.75, 3.05) is 0 Å². The lowest BCUT2D eigenvalue weighted by Gasteiger charge is -2.10. The summed E-state index contributed by atoms with van der Waals surface area (Å²) < 4.78 is 3.93. The van der Waals surface area contributed by atoms with Gasteiger partial charge in [0.25, 0.3) is 0 Å². The summed E-state index contributed by atoms with van der Waals surface area (Å²) in [6.07, 6.45) is 5.70. The normalized spacial score (nSPS) is 12.9. The van der Waals surface area contributed by atoms with Gasteiger partial charge < -0.3 is 10.1 Å². The van der Waals surface area contributed by atoms with Crippen molar-refractivity contribution in [2.45, 2.75) is 32.7 Å². The summed E-state index contributed by atoms with van der Waals surface area (Å²) in [5.74, 6) is 0.869. The van der Waals surface area contributed by atoms with Crippen molar-refractivity contribution >= 4 is 5.65 Å². The van der Waals surface area contributed by atoms with Crippen LogP contribution in [0.5, 0.6) is 0 Å². The number of hydrogen-bond acceptors (Lipinski definition) is 3. The lowest BCUT2D eigenvalue weighted by molar-refractivity contribution is 0.629. The Bertz CT molecular complexity index is 725. The molecule has 5 nitrogen and oxygen atoms in total. The number of aryl methyl sites for hydroxylation is 1. The van der Waals surface area contributed by atoms with Gasteiger partial charge >= 0.3 is 0 Å². The second-order valence-corrected chi connectivity index (χ2v) is 5.09. The number of hydrogen-bond donors (Lipinski definition) is 1. The summed E-state index contributed by atoms with van der Waals surface area (Å²) in [4.78, 5) is 4.69. The zero-order valence-corrected chi connectivity index (χ0v) is 11.8. The molecule has 0 bridgehead atoms. The van der Waals surface area contributed by atoms with E-state index in [0.29, 0.717) is 0 Å². The molecule has 0 saturated carbocycles. The van der Waals surface area contributed by atoms with Gasteiger partial charge in [-0.3, -0.25) is 0 Å². The highest BCUT2D eigenvalue weighted by molar-refractivity contribution is 5.48. The van der Waals surface area contributed by atoms with Crippen LogP contribution in [0.25, 0.3) is 11.5 Å². The van der Waals surface area contributed by atoms with E-state index in [-0.39, 0.29) is 6.04 Å². The third-order valence-corrected chi connectivity index (χ3v) is 3.53. The van der Waals surface area contributed by atoms with E-state index in [0.717, 1.165) is 35.7 Å². The number of imidazole rings is 1. The van der Waals surface area contributed by atoms with Crippen LogP contribution in [0, 0.1) is 6.92 Å². The fraction of sp³-hybridized carbons (Fsp3) is 0.333. The second-order valence-electron chi connectivity index (χ2n) is 5.09. The van der Waals surface area contributed by atoms with Crippen LogP contribution >= 0.6 is 0 Å². The van der Waals surface area contributed by atoms with Crippen LogP contribution in [0.1, 0.15) is 24.7 Å². The van der Waals surface area contributed by atoms with E-state index in [2.05, 4.69) is 16.4 Å². The molecule has 3 heterocycles. The third-order valence-electron chi connectivity index (χ3n) is 3.53. The predicted molar refractivity (Wildman–Crippen MR) is 79.0 cm³/mol. The van der Waals surface area contributed by atoms with Crippen LogP contribution in [0.2, 0.25) is 0 Å². The van der Waals surface area contributed by atoms with Crippen LogP contribution < -0.4 is 5.73 Å². The summed E-state index contributed by atoms with van der Waals surface area (Å²) >= 11 is 0. The monoisotopic (exact) mass is 269 g/mol. The van der Waals surface area contributed by atoms with Gasteiger partial charge in [0.15, 0.2) is 5.82 Å². The number of pyridine rings is 1. The minimum Gasteiger partial charge on any atom is -0.327 e. The van der Waals surface area contributed by atoms with E-state index in [1.165, 1.54) is 0 Å². The van der Waals surface area contributed by atoms with E-state index in [4.69, 9.17) is 10.7 Å². The lowest BCUT2D eigenvalue weighted by Crippen LogP contribution is -2.23. The third kappa shape index (κ3) is 2.20. The molecule has 0 fully saturated rings. The Morgan fingerprint density at radius 3 is 2.80 bits per heavy atom. The Kier molecular flexibility index (Phi) is 3.28. The topological polar surface area (TPSA) is 61.1 Å². The first-order valence-corrected chi connectivity index (χ1v) is 6.93. The van der Waals surface area contributed by atoms with Crippen LogP contribution in [0.15, 0.2) is 36.7 Å². The van der Waals surface area contributed by atoms with E-state index in [1.807, 2.05) is 48.3 Å². The molecular weight excluding hydrogens is 250 g/mol. The highest BCUT2D eigenvalue weighted by Gasteiger charge is 2.16. The highest BCUT2D eigenvalue weighted by Crippen LogP contribution is 2.18. The lowest BCUT2D eigenvalue weighted by atomic mass is 10.1. The number of aromatic nitrogens is 4. The summed E-state index contributed by atoms with van der Waals surface area (Å²) in [5, 5.41) is 4.47. The Balaban J connectivity index is 2.17. The molecule has 5 heteroatoms. The van der Waals surface area contributed by atoms with Gasteiger partial charge in [0, 0.05) is 24.9 Å². The smallest absolute Gasteiger partial charge is 0.175 e. The molecule has 0 aromatic carbocycles. The standard InChI is InChI=1S/C15H19N5/c1-3-12(16)10-13-15(20-9-7-11(2)18-20)17-14-6-4-5-8-19(13)14/h4-9,12H,3,10,16H2,1-2H3. The van der Waals surface area contributed by atoms with Crippen molar-refractivity contribution in [1.82, 2.24) is 19.2 Å². The Morgan fingerprint density at radius 2 is 2.10 bits per heavy atom. The van der Waals surface area contributed by atoms with Crippen LogP contribution in [0.4, 0.5) is 0 Å². The average molecular weight is 269 g/mol. The second kappa shape index (κ2) is 5.09. The van der Waals surface area contributed by atoms with Gasteiger partial charge in [0.2, 0.25) is 0 Å². The summed E-state index contributed by atoms with van der Waals surface area (Å²) in [7, 11) is 0. The van der Waals surface area contributed by atoms with Crippen molar-refractivity contribution in [3.05, 3.63) is 48.0 Å². The van der Waals surface area contributed by atoms with E-state index < -0.39 is 0 Å². The highest BCUT2D eigenvalue weighted by atomic mass is 15.3. The number of nitrogens with zero attached hydrogens (tertiary/aromatic N) is 4. The van der Waals surface area contributed by atoms with Crippen LogP contribution in [-0.2, 0) is 6.42 Å². The predicted octanol–water partition coefficient (Wildman–Crippen LogP) is 2.11. The first-order chi connectivity index (χ1) is 9.69.